The number of carbonyl (C=O) groups is 1. The molecular formula is C15H23ClN2O2. The maximum Gasteiger partial charge on any atom is 0.234 e. The highest BCUT2D eigenvalue weighted by atomic mass is 35.5. The lowest BCUT2D eigenvalue weighted by Gasteiger charge is -2.07. The molecule has 1 amide bonds. The SMILES string of the molecule is Cl.O=C(CNCC1CC1)NCCOCc1ccccc1. The highest BCUT2D eigenvalue weighted by Gasteiger charge is 2.20. The Balaban J connectivity index is 0.00000200. The number of hydrogen-bond donors (Lipinski definition) is 2. The van der Waals surface area contributed by atoms with Crippen molar-refractivity contribution in [2.24, 2.45) is 5.92 Å². The average Bonchev–Trinajstić information content (AvgIpc) is 3.24. The summed E-state index contributed by atoms with van der Waals surface area (Å²) >= 11 is 0. The van der Waals surface area contributed by atoms with E-state index < -0.39 is 0 Å². The van der Waals surface area contributed by atoms with Crippen LogP contribution in [0.2, 0.25) is 0 Å². The highest BCUT2D eigenvalue weighted by Crippen LogP contribution is 2.27. The lowest BCUT2D eigenvalue weighted by atomic mass is 10.2. The number of nitrogens with one attached hydrogen (secondary N) is 2. The summed E-state index contributed by atoms with van der Waals surface area (Å²) in [6.45, 7) is 3.09. The fourth-order valence-corrected chi connectivity index (χ4v) is 1.80. The number of rotatable bonds is 9. The summed E-state index contributed by atoms with van der Waals surface area (Å²) in [5, 5.41) is 6.00. The molecule has 0 heterocycles. The Bertz CT molecular complexity index is 383. The summed E-state index contributed by atoms with van der Waals surface area (Å²) in [5.41, 5.74) is 1.15. The molecule has 5 heteroatoms. The molecule has 0 aliphatic heterocycles. The zero-order valence-electron chi connectivity index (χ0n) is 11.6. The number of carbonyl (C=O) groups excluding carboxylic acids is 1. The maximum atomic E-state index is 11.4. The molecule has 0 aromatic heterocycles. The normalized spacial score (nSPS) is 13.6. The fourth-order valence-electron chi connectivity index (χ4n) is 1.80. The summed E-state index contributed by atoms with van der Waals surface area (Å²) < 4.78 is 5.49. The van der Waals surface area contributed by atoms with Gasteiger partial charge < -0.3 is 15.4 Å². The molecule has 0 saturated heterocycles. The molecule has 0 spiro atoms. The van der Waals surface area contributed by atoms with Crippen molar-refractivity contribution in [1.29, 1.82) is 0 Å². The predicted octanol–water partition coefficient (Wildman–Crippen LogP) is 1.74. The molecule has 0 radical (unpaired) electrons. The second-order valence-electron chi connectivity index (χ2n) is 4.96. The Labute approximate surface area is 126 Å². The second-order valence-corrected chi connectivity index (χ2v) is 4.96. The number of hydrogen-bond acceptors (Lipinski definition) is 3. The molecule has 1 aliphatic carbocycles. The molecule has 2 N–H and O–H groups in total. The van der Waals surface area contributed by atoms with E-state index in [4.69, 9.17) is 4.74 Å². The largest absolute Gasteiger partial charge is 0.375 e. The summed E-state index contributed by atoms with van der Waals surface area (Å²) in [7, 11) is 0. The van der Waals surface area contributed by atoms with E-state index >= 15 is 0 Å². The number of halogens is 1. The molecule has 0 bridgehead atoms. The van der Waals surface area contributed by atoms with Crippen LogP contribution in [-0.2, 0) is 16.1 Å². The van der Waals surface area contributed by atoms with Crippen molar-refractivity contribution in [1.82, 2.24) is 10.6 Å². The van der Waals surface area contributed by atoms with E-state index in [1.807, 2.05) is 30.3 Å². The summed E-state index contributed by atoms with van der Waals surface area (Å²) in [4.78, 5) is 11.4. The lowest BCUT2D eigenvalue weighted by Crippen LogP contribution is -2.36. The monoisotopic (exact) mass is 298 g/mol. The minimum Gasteiger partial charge on any atom is -0.375 e. The molecule has 0 unspecified atom stereocenters. The Hall–Kier alpha value is -1.10. The first-order chi connectivity index (χ1) is 9.34. The molecule has 1 aliphatic rings. The minimum absolute atomic E-state index is 0. The van der Waals surface area contributed by atoms with Crippen LogP contribution in [0.15, 0.2) is 30.3 Å². The fraction of sp³-hybridized carbons (Fsp3) is 0.533. The van der Waals surface area contributed by atoms with Gasteiger partial charge in [0.05, 0.1) is 19.8 Å². The Morgan fingerprint density at radius 2 is 2.00 bits per heavy atom. The molecule has 1 aromatic carbocycles. The Kier molecular flexibility index (Phi) is 8.26. The standard InChI is InChI=1S/C15H22N2O2.ClH/c18-15(11-16-10-13-6-7-13)17-8-9-19-12-14-4-2-1-3-5-14;/h1-5,13,16H,6-12H2,(H,17,18);1H. The van der Waals surface area contributed by atoms with Crippen molar-refractivity contribution in [3.05, 3.63) is 35.9 Å². The third kappa shape index (κ3) is 7.48. The zero-order valence-corrected chi connectivity index (χ0v) is 12.5. The second kappa shape index (κ2) is 9.75. The van der Waals surface area contributed by atoms with Crippen LogP contribution in [0.4, 0.5) is 0 Å². The topological polar surface area (TPSA) is 50.4 Å². The van der Waals surface area contributed by atoms with Gasteiger partial charge >= 0.3 is 0 Å². The van der Waals surface area contributed by atoms with Gasteiger partial charge in [-0.15, -0.1) is 12.4 Å². The highest BCUT2D eigenvalue weighted by molar-refractivity contribution is 5.85. The van der Waals surface area contributed by atoms with Gasteiger partial charge in [-0.05, 0) is 30.9 Å². The number of ether oxygens (including phenoxy) is 1. The van der Waals surface area contributed by atoms with Crippen LogP contribution in [0.1, 0.15) is 18.4 Å². The number of amides is 1. The lowest BCUT2D eigenvalue weighted by molar-refractivity contribution is -0.120. The van der Waals surface area contributed by atoms with Gasteiger partial charge in [0.15, 0.2) is 0 Å². The maximum absolute atomic E-state index is 11.4. The van der Waals surface area contributed by atoms with Gasteiger partial charge in [-0.3, -0.25) is 4.79 Å². The van der Waals surface area contributed by atoms with Gasteiger partial charge in [-0.25, -0.2) is 0 Å². The van der Waals surface area contributed by atoms with Crippen molar-refractivity contribution >= 4 is 18.3 Å². The van der Waals surface area contributed by atoms with E-state index in [-0.39, 0.29) is 18.3 Å². The first-order valence-corrected chi connectivity index (χ1v) is 6.93. The molecular weight excluding hydrogens is 276 g/mol. The minimum atomic E-state index is 0. The summed E-state index contributed by atoms with van der Waals surface area (Å²) in [6.07, 6.45) is 2.61. The quantitative estimate of drug-likeness (QED) is 0.683. The van der Waals surface area contributed by atoms with E-state index in [0.717, 1.165) is 18.0 Å². The van der Waals surface area contributed by atoms with Gasteiger partial charge in [0.1, 0.15) is 0 Å². The van der Waals surface area contributed by atoms with E-state index in [1.165, 1.54) is 12.8 Å². The van der Waals surface area contributed by atoms with E-state index in [9.17, 15) is 4.79 Å². The number of benzene rings is 1. The van der Waals surface area contributed by atoms with Crippen LogP contribution < -0.4 is 10.6 Å². The molecule has 0 atom stereocenters. The van der Waals surface area contributed by atoms with Gasteiger partial charge in [0.25, 0.3) is 0 Å². The smallest absolute Gasteiger partial charge is 0.234 e. The van der Waals surface area contributed by atoms with Crippen LogP contribution in [0.5, 0.6) is 0 Å². The third-order valence-corrected chi connectivity index (χ3v) is 3.10. The summed E-state index contributed by atoms with van der Waals surface area (Å²) in [5.74, 6) is 0.853. The van der Waals surface area contributed by atoms with Crippen LogP contribution in [0.3, 0.4) is 0 Å². The first kappa shape index (κ1) is 17.0. The first-order valence-electron chi connectivity index (χ1n) is 6.93. The Morgan fingerprint density at radius 1 is 1.25 bits per heavy atom. The average molecular weight is 299 g/mol. The molecule has 1 aromatic rings. The van der Waals surface area contributed by atoms with Gasteiger partial charge in [0, 0.05) is 6.54 Å². The van der Waals surface area contributed by atoms with E-state index in [0.29, 0.717) is 26.3 Å². The van der Waals surface area contributed by atoms with Crippen LogP contribution >= 0.6 is 12.4 Å². The van der Waals surface area contributed by atoms with E-state index in [1.54, 1.807) is 0 Å². The van der Waals surface area contributed by atoms with Gasteiger partial charge in [0.2, 0.25) is 5.91 Å². The van der Waals surface area contributed by atoms with Crippen LogP contribution in [0, 0.1) is 5.92 Å². The van der Waals surface area contributed by atoms with Crippen molar-refractivity contribution in [2.45, 2.75) is 19.4 Å². The van der Waals surface area contributed by atoms with Gasteiger partial charge in [-0.1, -0.05) is 30.3 Å². The molecule has 1 saturated carbocycles. The van der Waals surface area contributed by atoms with Gasteiger partial charge in [-0.2, -0.15) is 0 Å². The van der Waals surface area contributed by atoms with E-state index in [2.05, 4.69) is 10.6 Å². The molecule has 20 heavy (non-hydrogen) atoms. The zero-order chi connectivity index (χ0) is 13.3. The van der Waals surface area contributed by atoms with Crippen molar-refractivity contribution < 1.29 is 9.53 Å². The third-order valence-electron chi connectivity index (χ3n) is 3.10. The molecule has 4 nitrogen and oxygen atoms in total. The molecule has 112 valence electrons. The van der Waals surface area contributed by atoms with Crippen molar-refractivity contribution in [2.75, 3.05) is 26.2 Å². The Morgan fingerprint density at radius 3 is 2.70 bits per heavy atom. The molecule has 2 rings (SSSR count). The van der Waals surface area contributed by atoms with Crippen molar-refractivity contribution in [3.8, 4) is 0 Å². The summed E-state index contributed by atoms with van der Waals surface area (Å²) in [6, 6.07) is 10.0. The van der Waals surface area contributed by atoms with Crippen LogP contribution in [-0.4, -0.2) is 32.1 Å². The van der Waals surface area contributed by atoms with Crippen LogP contribution in [0.25, 0.3) is 0 Å². The molecule has 1 fully saturated rings. The predicted molar refractivity (Wildman–Crippen MR) is 81.9 cm³/mol. The van der Waals surface area contributed by atoms with Crippen molar-refractivity contribution in [3.63, 3.8) is 0 Å².